The van der Waals surface area contributed by atoms with E-state index in [0.29, 0.717) is 11.6 Å². The van der Waals surface area contributed by atoms with Crippen LogP contribution in [0.2, 0.25) is 0 Å². The van der Waals surface area contributed by atoms with Gasteiger partial charge in [-0.3, -0.25) is 0 Å². The second-order valence-corrected chi connectivity index (χ2v) is 3.67. The normalized spacial score (nSPS) is 26.3. The van der Waals surface area contributed by atoms with Crippen LogP contribution in [0.3, 0.4) is 0 Å². The van der Waals surface area contributed by atoms with E-state index < -0.39 is 0 Å². The van der Waals surface area contributed by atoms with Crippen LogP contribution >= 0.6 is 0 Å². The Morgan fingerprint density at radius 3 is 2.71 bits per heavy atom. The van der Waals surface area contributed by atoms with Gasteiger partial charge in [0.25, 0.3) is 0 Å². The van der Waals surface area contributed by atoms with Crippen LogP contribution in [-0.2, 0) is 4.74 Å². The van der Waals surface area contributed by atoms with Crippen molar-refractivity contribution in [1.82, 2.24) is 0 Å². The first-order valence-electron chi connectivity index (χ1n) is 4.90. The summed E-state index contributed by atoms with van der Waals surface area (Å²) in [5, 5.41) is 0. The van der Waals surface area contributed by atoms with Crippen molar-refractivity contribution in [3.8, 4) is 0 Å². The molecule has 2 unspecified atom stereocenters. The van der Waals surface area contributed by atoms with Crippen molar-refractivity contribution in [3.05, 3.63) is 48.2 Å². The van der Waals surface area contributed by atoms with Crippen LogP contribution in [-0.4, -0.2) is 12.7 Å². The molecule has 2 N–H and O–H groups in total. The van der Waals surface area contributed by atoms with Crippen LogP contribution in [0.1, 0.15) is 17.9 Å². The summed E-state index contributed by atoms with van der Waals surface area (Å²) in [5.74, 6) is 0.383. The van der Waals surface area contributed by atoms with Crippen LogP contribution in [0.15, 0.2) is 42.6 Å². The van der Waals surface area contributed by atoms with E-state index in [0.717, 1.165) is 13.0 Å². The third kappa shape index (κ3) is 1.66. The van der Waals surface area contributed by atoms with Crippen LogP contribution in [0.5, 0.6) is 0 Å². The second-order valence-electron chi connectivity index (χ2n) is 3.67. The maximum absolute atomic E-state index is 5.71. The summed E-state index contributed by atoms with van der Waals surface area (Å²) in [6.45, 7) is 4.54. The van der Waals surface area contributed by atoms with E-state index >= 15 is 0 Å². The van der Waals surface area contributed by atoms with Crippen LogP contribution < -0.4 is 5.73 Å². The highest BCUT2D eigenvalue weighted by Crippen LogP contribution is 2.33. The minimum absolute atomic E-state index is 0.00241. The molecule has 0 spiro atoms. The summed E-state index contributed by atoms with van der Waals surface area (Å²) < 4.78 is 5.56. The molecule has 1 aliphatic rings. The summed E-state index contributed by atoms with van der Waals surface area (Å²) in [6.07, 6.45) is 1.03. The fourth-order valence-corrected chi connectivity index (χ4v) is 2.00. The second kappa shape index (κ2) is 3.84. The van der Waals surface area contributed by atoms with Gasteiger partial charge in [-0.25, -0.2) is 0 Å². The molecule has 2 rings (SSSR count). The van der Waals surface area contributed by atoms with Crippen molar-refractivity contribution in [1.29, 1.82) is 0 Å². The fraction of sp³-hybridized carbons (Fsp3) is 0.333. The Hall–Kier alpha value is -1.28. The highest BCUT2D eigenvalue weighted by atomic mass is 16.5. The minimum Gasteiger partial charge on any atom is -0.400 e. The first-order chi connectivity index (χ1) is 6.79. The topological polar surface area (TPSA) is 35.2 Å². The SMILES string of the molecule is C=C(N)C1OCCC1c1ccccc1. The summed E-state index contributed by atoms with van der Waals surface area (Å²) in [7, 11) is 0. The quantitative estimate of drug-likeness (QED) is 0.772. The van der Waals surface area contributed by atoms with E-state index in [1.807, 2.05) is 18.2 Å². The molecule has 1 aromatic rings. The van der Waals surface area contributed by atoms with E-state index in [-0.39, 0.29) is 6.10 Å². The third-order valence-corrected chi connectivity index (χ3v) is 2.68. The van der Waals surface area contributed by atoms with Crippen LogP contribution in [0.25, 0.3) is 0 Å². The molecular weight excluding hydrogens is 174 g/mol. The third-order valence-electron chi connectivity index (χ3n) is 2.68. The average Bonchev–Trinajstić information content (AvgIpc) is 2.67. The van der Waals surface area contributed by atoms with E-state index in [1.165, 1.54) is 5.56 Å². The average molecular weight is 189 g/mol. The number of nitrogens with two attached hydrogens (primary N) is 1. The maximum atomic E-state index is 5.71. The Kier molecular flexibility index (Phi) is 2.55. The van der Waals surface area contributed by atoms with Crippen LogP contribution in [0, 0.1) is 0 Å². The standard InChI is InChI=1S/C12H15NO/c1-9(13)12-11(7-8-14-12)10-5-3-2-4-6-10/h2-6,11-12H,1,7-8,13H2. The Labute approximate surface area is 84.4 Å². The molecule has 0 saturated carbocycles. The van der Waals surface area contributed by atoms with Crippen molar-refractivity contribution >= 4 is 0 Å². The smallest absolute Gasteiger partial charge is 0.103 e. The van der Waals surface area contributed by atoms with Gasteiger partial charge in [0.05, 0.1) is 0 Å². The van der Waals surface area contributed by atoms with Crippen molar-refractivity contribution in [2.24, 2.45) is 5.73 Å². The van der Waals surface area contributed by atoms with E-state index in [9.17, 15) is 0 Å². The minimum atomic E-state index is -0.00241. The van der Waals surface area contributed by atoms with Gasteiger partial charge in [0.2, 0.25) is 0 Å². The van der Waals surface area contributed by atoms with Gasteiger partial charge in [0.1, 0.15) is 6.10 Å². The Morgan fingerprint density at radius 1 is 1.36 bits per heavy atom. The molecule has 0 aromatic heterocycles. The molecule has 0 radical (unpaired) electrons. The first-order valence-corrected chi connectivity index (χ1v) is 4.90. The summed E-state index contributed by atoms with van der Waals surface area (Å²) >= 11 is 0. The lowest BCUT2D eigenvalue weighted by Gasteiger charge is -2.18. The van der Waals surface area contributed by atoms with Crippen LogP contribution in [0.4, 0.5) is 0 Å². The Bertz CT molecular complexity index is 320. The summed E-state index contributed by atoms with van der Waals surface area (Å²) in [6, 6.07) is 10.4. The molecule has 1 fully saturated rings. The number of benzene rings is 1. The molecule has 2 heteroatoms. The zero-order valence-electron chi connectivity index (χ0n) is 8.15. The van der Waals surface area contributed by atoms with Gasteiger partial charge < -0.3 is 10.5 Å². The maximum Gasteiger partial charge on any atom is 0.103 e. The van der Waals surface area contributed by atoms with Gasteiger partial charge >= 0.3 is 0 Å². The molecule has 0 bridgehead atoms. The van der Waals surface area contributed by atoms with E-state index in [4.69, 9.17) is 10.5 Å². The van der Waals surface area contributed by atoms with Gasteiger partial charge in [-0.15, -0.1) is 0 Å². The molecule has 74 valence electrons. The monoisotopic (exact) mass is 189 g/mol. The number of hydrogen-bond acceptors (Lipinski definition) is 2. The Balaban J connectivity index is 2.22. The molecule has 0 aliphatic carbocycles. The van der Waals surface area contributed by atoms with Crippen molar-refractivity contribution < 1.29 is 4.74 Å². The van der Waals surface area contributed by atoms with E-state index in [1.54, 1.807) is 0 Å². The zero-order chi connectivity index (χ0) is 9.97. The predicted octanol–water partition coefficient (Wildman–Crippen LogP) is 2.03. The first kappa shape index (κ1) is 9.28. The van der Waals surface area contributed by atoms with Gasteiger partial charge in [0.15, 0.2) is 0 Å². The van der Waals surface area contributed by atoms with Crippen molar-refractivity contribution in [3.63, 3.8) is 0 Å². The van der Waals surface area contributed by atoms with Crippen molar-refractivity contribution in [2.45, 2.75) is 18.4 Å². The predicted molar refractivity (Wildman–Crippen MR) is 56.9 cm³/mol. The summed E-state index contributed by atoms with van der Waals surface area (Å²) in [4.78, 5) is 0. The Morgan fingerprint density at radius 2 is 2.07 bits per heavy atom. The molecule has 1 saturated heterocycles. The molecule has 0 amide bonds. The summed E-state index contributed by atoms with van der Waals surface area (Å²) in [5.41, 5.74) is 7.63. The van der Waals surface area contributed by atoms with Gasteiger partial charge in [-0.05, 0) is 12.0 Å². The lowest BCUT2D eigenvalue weighted by molar-refractivity contribution is 0.130. The molecule has 1 aliphatic heterocycles. The number of rotatable bonds is 2. The van der Waals surface area contributed by atoms with E-state index in [2.05, 4.69) is 18.7 Å². The van der Waals surface area contributed by atoms with Gasteiger partial charge in [0, 0.05) is 18.2 Å². The molecule has 2 nitrogen and oxygen atoms in total. The lowest BCUT2D eigenvalue weighted by atomic mass is 9.91. The number of ether oxygens (including phenoxy) is 1. The fourth-order valence-electron chi connectivity index (χ4n) is 2.00. The van der Waals surface area contributed by atoms with Gasteiger partial charge in [-0.1, -0.05) is 36.9 Å². The molecule has 2 atom stereocenters. The molecular formula is C12H15NO. The number of hydrogen-bond donors (Lipinski definition) is 1. The largest absolute Gasteiger partial charge is 0.400 e. The molecule has 1 heterocycles. The lowest BCUT2D eigenvalue weighted by Crippen LogP contribution is -2.21. The van der Waals surface area contributed by atoms with Crippen molar-refractivity contribution in [2.75, 3.05) is 6.61 Å². The molecule has 1 aromatic carbocycles. The zero-order valence-corrected chi connectivity index (χ0v) is 8.15. The van der Waals surface area contributed by atoms with Gasteiger partial charge in [-0.2, -0.15) is 0 Å². The molecule has 14 heavy (non-hydrogen) atoms. The highest BCUT2D eigenvalue weighted by molar-refractivity contribution is 5.24. The highest BCUT2D eigenvalue weighted by Gasteiger charge is 2.30.